The molecule has 1 atom stereocenters. The number of thioether (sulfide) groups is 1. The van der Waals surface area contributed by atoms with E-state index in [1.165, 1.54) is 18.7 Å². The summed E-state index contributed by atoms with van der Waals surface area (Å²) in [6.45, 7) is 10.2. The molecule has 0 aliphatic carbocycles. The first-order valence-electron chi connectivity index (χ1n) is 11.7. The van der Waals surface area contributed by atoms with Crippen LogP contribution in [0.25, 0.3) is 0 Å². The van der Waals surface area contributed by atoms with E-state index in [1.54, 1.807) is 19.2 Å². The summed E-state index contributed by atoms with van der Waals surface area (Å²) < 4.78 is 13.3. The largest absolute Gasteiger partial charge is 0.497 e. The van der Waals surface area contributed by atoms with Crippen molar-refractivity contribution in [1.29, 1.82) is 0 Å². The van der Waals surface area contributed by atoms with Gasteiger partial charge in [-0.3, -0.25) is 9.59 Å². The molecule has 3 rings (SSSR count). The molecule has 0 aliphatic heterocycles. The van der Waals surface area contributed by atoms with Crippen LogP contribution in [0.2, 0.25) is 0 Å². The van der Waals surface area contributed by atoms with Gasteiger partial charge in [0.1, 0.15) is 11.5 Å². The number of benzene rings is 2. The molecule has 2 amide bonds. The van der Waals surface area contributed by atoms with E-state index < -0.39 is 0 Å². The fourth-order valence-electron chi connectivity index (χ4n) is 3.55. The van der Waals surface area contributed by atoms with Crippen LogP contribution in [0.3, 0.4) is 0 Å². The van der Waals surface area contributed by atoms with Gasteiger partial charge in [-0.1, -0.05) is 25.6 Å². The molecule has 0 saturated carbocycles. The van der Waals surface area contributed by atoms with Crippen molar-refractivity contribution in [3.05, 3.63) is 53.9 Å². The van der Waals surface area contributed by atoms with Crippen LogP contribution in [0.4, 0.5) is 11.4 Å². The van der Waals surface area contributed by atoms with E-state index in [4.69, 9.17) is 9.47 Å². The van der Waals surface area contributed by atoms with Crippen molar-refractivity contribution in [2.45, 2.75) is 52.4 Å². The fourth-order valence-corrected chi connectivity index (χ4v) is 4.31. The lowest BCUT2D eigenvalue weighted by atomic mass is 10.1. The highest BCUT2D eigenvalue weighted by atomic mass is 32.2. The summed E-state index contributed by atoms with van der Waals surface area (Å²) in [6.07, 6.45) is -0.335. The van der Waals surface area contributed by atoms with Gasteiger partial charge in [0.2, 0.25) is 11.8 Å². The Balaban J connectivity index is 1.66. The van der Waals surface area contributed by atoms with E-state index in [2.05, 4.69) is 34.7 Å². The highest BCUT2D eigenvalue weighted by Gasteiger charge is 2.21. The predicted molar refractivity (Wildman–Crippen MR) is 142 cm³/mol. The highest BCUT2D eigenvalue weighted by Crippen LogP contribution is 2.27. The van der Waals surface area contributed by atoms with Crippen LogP contribution in [0.1, 0.15) is 45.2 Å². The minimum Gasteiger partial charge on any atom is -0.497 e. The lowest BCUT2D eigenvalue weighted by molar-refractivity contribution is -0.114. The smallest absolute Gasteiger partial charge is 0.234 e. The molecule has 1 aromatic heterocycles. The molecular formula is C26H33N5O4S. The average Bonchev–Trinajstić information content (AvgIpc) is 3.21. The molecule has 1 heterocycles. The lowest BCUT2D eigenvalue weighted by Gasteiger charge is -2.18. The minimum absolute atomic E-state index is 0.139. The Bertz CT molecular complexity index is 1190. The Labute approximate surface area is 216 Å². The summed E-state index contributed by atoms with van der Waals surface area (Å²) in [6, 6.07) is 12.7. The van der Waals surface area contributed by atoms with Crippen LogP contribution < -0.4 is 20.1 Å². The Morgan fingerprint density at radius 1 is 1.03 bits per heavy atom. The topological polar surface area (TPSA) is 107 Å². The van der Waals surface area contributed by atoms with Crippen molar-refractivity contribution < 1.29 is 19.1 Å². The van der Waals surface area contributed by atoms with Gasteiger partial charge < -0.3 is 24.7 Å². The number of anilines is 2. The SMILES string of the molecule is COc1ccc(OC(C)c2nnc(SCC(=O)Nc3ccc(NC(C)=O)c(C)c3)n2CC(C)C)cc1. The maximum absolute atomic E-state index is 12.6. The number of rotatable bonds is 11. The molecule has 0 saturated heterocycles. The molecule has 10 heteroatoms. The van der Waals surface area contributed by atoms with Crippen molar-refractivity contribution in [3.8, 4) is 11.5 Å². The van der Waals surface area contributed by atoms with E-state index in [1.807, 2.05) is 48.7 Å². The van der Waals surface area contributed by atoms with Crippen molar-refractivity contribution in [2.75, 3.05) is 23.5 Å². The number of carbonyl (C=O) groups is 2. The minimum atomic E-state index is -0.335. The Hall–Kier alpha value is -3.53. The number of aryl methyl sites for hydroxylation is 1. The first-order chi connectivity index (χ1) is 17.2. The fraction of sp³-hybridized carbons (Fsp3) is 0.385. The monoisotopic (exact) mass is 511 g/mol. The second-order valence-electron chi connectivity index (χ2n) is 8.83. The van der Waals surface area contributed by atoms with Gasteiger partial charge in [-0.2, -0.15) is 0 Å². The van der Waals surface area contributed by atoms with Crippen molar-refractivity contribution in [2.24, 2.45) is 5.92 Å². The molecular weight excluding hydrogens is 478 g/mol. The molecule has 0 aliphatic rings. The number of hydrogen-bond donors (Lipinski definition) is 2. The van der Waals surface area contributed by atoms with Crippen LogP contribution in [-0.4, -0.2) is 39.4 Å². The number of methoxy groups -OCH3 is 1. The molecule has 36 heavy (non-hydrogen) atoms. The Morgan fingerprint density at radius 3 is 2.33 bits per heavy atom. The van der Waals surface area contributed by atoms with Gasteiger partial charge in [-0.05, 0) is 67.8 Å². The third-order valence-corrected chi connectivity index (χ3v) is 6.15. The van der Waals surface area contributed by atoms with Crippen LogP contribution >= 0.6 is 11.8 Å². The number of ether oxygens (including phenoxy) is 2. The number of hydrogen-bond acceptors (Lipinski definition) is 7. The van der Waals surface area contributed by atoms with E-state index >= 15 is 0 Å². The van der Waals surface area contributed by atoms with E-state index in [0.717, 1.165) is 17.0 Å². The van der Waals surface area contributed by atoms with Crippen molar-refractivity contribution >= 4 is 35.0 Å². The van der Waals surface area contributed by atoms with Crippen molar-refractivity contribution in [3.63, 3.8) is 0 Å². The van der Waals surface area contributed by atoms with Gasteiger partial charge in [-0.25, -0.2) is 0 Å². The predicted octanol–water partition coefficient (Wildman–Crippen LogP) is 5.08. The number of nitrogens with zero attached hydrogens (tertiary/aromatic N) is 3. The standard InChI is InChI=1S/C26H33N5O4S/c1-16(2)14-31-25(18(4)35-22-10-8-21(34-6)9-11-22)29-30-26(31)36-15-24(33)28-20-7-12-23(17(3)13-20)27-19(5)32/h7-13,16,18H,14-15H2,1-6H3,(H,27,32)(H,28,33). The second-order valence-corrected chi connectivity index (χ2v) is 9.77. The summed E-state index contributed by atoms with van der Waals surface area (Å²) in [7, 11) is 1.62. The molecule has 0 radical (unpaired) electrons. The maximum Gasteiger partial charge on any atom is 0.234 e. The van der Waals surface area contributed by atoms with Gasteiger partial charge in [0, 0.05) is 24.8 Å². The van der Waals surface area contributed by atoms with Gasteiger partial charge in [-0.15, -0.1) is 10.2 Å². The summed E-state index contributed by atoms with van der Waals surface area (Å²) >= 11 is 1.33. The van der Waals surface area contributed by atoms with E-state index in [9.17, 15) is 9.59 Å². The zero-order chi connectivity index (χ0) is 26.2. The van der Waals surface area contributed by atoms with E-state index in [0.29, 0.717) is 34.9 Å². The molecule has 0 fully saturated rings. The second kappa shape index (κ2) is 12.4. The van der Waals surface area contributed by atoms with Crippen LogP contribution in [0.5, 0.6) is 11.5 Å². The van der Waals surface area contributed by atoms with Gasteiger partial charge in [0.25, 0.3) is 0 Å². The number of carbonyl (C=O) groups excluding carboxylic acids is 2. The van der Waals surface area contributed by atoms with Gasteiger partial charge in [0.05, 0.1) is 12.9 Å². The summed E-state index contributed by atoms with van der Waals surface area (Å²) in [5, 5.41) is 15.1. The van der Waals surface area contributed by atoms with Crippen LogP contribution in [0.15, 0.2) is 47.6 Å². The quantitative estimate of drug-likeness (QED) is 0.346. The summed E-state index contributed by atoms with van der Waals surface area (Å²) in [5.41, 5.74) is 2.25. The lowest BCUT2D eigenvalue weighted by Crippen LogP contribution is -2.17. The normalized spacial score (nSPS) is 11.8. The molecule has 192 valence electrons. The Morgan fingerprint density at radius 2 is 1.72 bits per heavy atom. The number of aromatic nitrogens is 3. The molecule has 9 nitrogen and oxygen atoms in total. The highest BCUT2D eigenvalue weighted by molar-refractivity contribution is 7.99. The maximum atomic E-state index is 12.6. The van der Waals surface area contributed by atoms with E-state index in [-0.39, 0.29) is 23.7 Å². The first kappa shape index (κ1) is 27.1. The molecule has 3 aromatic rings. The van der Waals surface area contributed by atoms with Crippen molar-refractivity contribution in [1.82, 2.24) is 14.8 Å². The first-order valence-corrected chi connectivity index (χ1v) is 12.7. The molecule has 2 aromatic carbocycles. The molecule has 0 bridgehead atoms. The number of nitrogens with one attached hydrogen (secondary N) is 2. The van der Waals surface area contributed by atoms with Gasteiger partial charge in [0.15, 0.2) is 17.1 Å². The third kappa shape index (κ3) is 7.48. The summed E-state index contributed by atoms with van der Waals surface area (Å²) in [5.74, 6) is 2.40. The summed E-state index contributed by atoms with van der Waals surface area (Å²) in [4.78, 5) is 23.9. The Kier molecular flexibility index (Phi) is 9.35. The zero-order valence-electron chi connectivity index (χ0n) is 21.5. The molecule has 2 N–H and O–H groups in total. The number of amides is 2. The van der Waals surface area contributed by atoms with Gasteiger partial charge >= 0.3 is 0 Å². The molecule has 0 spiro atoms. The molecule has 1 unspecified atom stereocenters. The zero-order valence-corrected chi connectivity index (χ0v) is 22.3. The van der Waals surface area contributed by atoms with Crippen LogP contribution in [-0.2, 0) is 16.1 Å². The average molecular weight is 512 g/mol. The third-order valence-electron chi connectivity index (χ3n) is 5.18. The van der Waals surface area contributed by atoms with Crippen LogP contribution in [0, 0.1) is 12.8 Å².